The molecule has 1 unspecified atom stereocenters. The van der Waals surface area contributed by atoms with Crippen molar-refractivity contribution in [2.45, 2.75) is 32.4 Å². The SMILES string of the molecule is CC(C)(C)OC(=O)Nc1ccccc1C(CO)N=[N+]=[N-]. The fourth-order valence-electron chi connectivity index (χ4n) is 1.57. The lowest BCUT2D eigenvalue weighted by Crippen LogP contribution is -2.27. The summed E-state index contributed by atoms with van der Waals surface area (Å²) in [6.45, 7) is 4.93. The van der Waals surface area contributed by atoms with Crippen LogP contribution in [0.5, 0.6) is 0 Å². The fraction of sp³-hybridized carbons (Fsp3) is 0.462. The molecule has 1 atom stereocenters. The summed E-state index contributed by atoms with van der Waals surface area (Å²) in [6, 6.07) is 6.01. The van der Waals surface area contributed by atoms with Crippen molar-refractivity contribution in [2.75, 3.05) is 11.9 Å². The normalized spacial score (nSPS) is 12.2. The molecule has 0 saturated heterocycles. The fourth-order valence-corrected chi connectivity index (χ4v) is 1.57. The first-order chi connectivity index (χ1) is 9.37. The molecule has 20 heavy (non-hydrogen) atoms. The van der Waals surface area contributed by atoms with Crippen LogP contribution in [0, 0.1) is 0 Å². The highest BCUT2D eigenvalue weighted by Crippen LogP contribution is 2.26. The molecule has 7 nitrogen and oxygen atoms in total. The van der Waals surface area contributed by atoms with Crippen LogP contribution in [-0.4, -0.2) is 23.4 Å². The summed E-state index contributed by atoms with van der Waals surface area (Å²) in [7, 11) is 0. The van der Waals surface area contributed by atoms with Crippen LogP contribution in [0.4, 0.5) is 10.5 Å². The summed E-state index contributed by atoms with van der Waals surface area (Å²) in [6.07, 6.45) is -0.609. The van der Waals surface area contributed by atoms with Gasteiger partial charge in [0.15, 0.2) is 0 Å². The van der Waals surface area contributed by atoms with Crippen molar-refractivity contribution in [2.24, 2.45) is 5.11 Å². The Hall–Kier alpha value is -2.24. The number of aliphatic hydroxyl groups excluding tert-OH is 1. The minimum Gasteiger partial charge on any atom is -0.444 e. The number of carbonyl (C=O) groups excluding carboxylic acids is 1. The zero-order valence-corrected chi connectivity index (χ0v) is 11.7. The molecule has 0 radical (unpaired) electrons. The molecule has 7 heteroatoms. The molecule has 2 N–H and O–H groups in total. The van der Waals surface area contributed by atoms with Crippen LogP contribution in [-0.2, 0) is 4.74 Å². The van der Waals surface area contributed by atoms with Gasteiger partial charge >= 0.3 is 6.09 Å². The average molecular weight is 278 g/mol. The number of nitrogens with zero attached hydrogens (tertiary/aromatic N) is 3. The molecule has 0 aliphatic carbocycles. The van der Waals surface area contributed by atoms with Gasteiger partial charge in [0.2, 0.25) is 0 Å². The topological polar surface area (TPSA) is 107 Å². The molecule has 1 amide bonds. The lowest BCUT2D eigenvalue weighted by atomic mass is 10.1. The van der Waals surface area contributed by atoms with Crippen molar-refractivity contribution in [3.05, 3.63) is 40.3 Å². The summed E-state index contributed by atoms with van der Waals surface area (Å²) >= 11 is 0. The maximum Gasteiger partial charge on any atom is 0.412 e. The Labute approximate surface area is 117 Å². The van der Waals surface area contributed by atoms with Crippen LogP contribution in [0.15, 0.2) is 29.4 Å². The number of hydrogen-bond donors (Lipinski definition) is 2. The third-order valence-electron chi connectivity index (χ3n) is 2.32. The second-order valence-corrected chi connectivity index (χ2v) is 5.12. The highest BCUT2D eigenvalue weighted by Gasteiger charge is 2.19. The molecule has 0 spiro atoms. The zero-order chi connectivity index (χ0) is 15.2. The molecule has 0 bridgehead atoms. The van der Waals surface area contributed by atoms with E-state index in [1.165, 1.54) is 0 Å². The van der Waals surface area contributed by atoms with E-state index >= 15 is 0 Å². The number of anilines is 1. The van der Waals surface area contributed by atoms with E-state index in [-0.39, 0.29) is 6.61 Å². The van der Waals surface area contributed by atoms with Gasteiger partial charge in [-0.1, -0.05) is 23.3 Å². The third-order valence-corrected chi connectivity index (χ3v) is 2.32. The predicted octanol–water partition coefficient (Wildman–Crippen LogP) is 3.38. The summed E-state index contributed by atoms with van der Waals surface area (Å²) in [5.74, 6) is 0. The molecule has 1 aromatic rings. The predicted molar refractivity (Wildman–Crippen MR) is 75.3 cm³/mol. The lowest BCUT2D eigenvalue weighted by molar-refractivity contribution is 0.0635. The lowest BCUT2D eigenvalue weighted by Gasteiger charge is -2.21. The summed E-state index contributed by atoms with van der Waals surface area (Å²) in [4.78, 5) is 14.4. The number of amides is 1. The van der Waals surface area contributed by atoms with Gasteiger partial charge in [0, 0.05) is 10.6 Å². The first-order valence-electron chi connectivity index (χ1n) is 6.11. The molecular formula is C13H18N4O3. The van der Waals surface area contributed by atoms with Crippen molar-refractivity contribution in [3.8, 4) is 0 Å². The van der Waals surface area contributed by atoms with E-state index in [0.717, 1.165) is 0 Å². The van der Waals surface area contributed by atoms with Gasteiger partial charge < -0.3 is 9.84 Å². The van der Waals surface area contributed by atoms with Gasteiger partial charge in [0.1, 0.15) is 5.60 Å². The number of nitrogens with one attached hydrogen (secondary N) is 1. The third kappa shape index (κ3) is 4.79. The summed E-state index contributed by atoms with van der Waals surface area (Å²) in [5.41, 5.74) is 8.84. The summed E-state index contributed by atoms with van der Waals surface area (Å²) < 4.78 is 5.15. The van der Waals surface area contributed by atoms with Gasteiger partial charge in [-0.15, -0.1) is 0 Å². The number of ether oxygens (including phenoxy) is 1. The summed E-state index contributed by atoms with van der Waals surface area (Å²) in [5, 5.41) is 15.3. The maximum atomic E-state index is 11.7. The number of benzene rings is 1. The van der Waals surface area contributed by atoms with Crippen LogP contribution in [0.2, 0.25) is 0 Å². The molecule has 1 aromatic carbocycles. The van der Waals surface area contributed by atoms with Crippen molar-refractivity contribution in [1.82, 2.24) is 0 Å². The van der Waals surface area contributed by atoms with Crippen molar-refractivity contribution < 1.29 is 14.6 Å². The average Bonchev–Trinajstić information content (AvgIpc) is 2.34. The number of aliphatic hydroxyl groups is 1. The first-order valence-corrected chi connectivity index (χ1v) is 6.11. The van der Waals surface area contributed by atoms with Gasteiger partial charge in [-0.3, -0.25) is 5.32 Å². The molecule has 0 heterocycles. The van der Waals surface area contributed by atoms with Crippen LogP contribution >= 0.6 is 0 Å². The molecule has 0 aliphatic rings. The van der Waals surface area contributed by atoms with Crippen LogP contribution in [0.3, 0.4) is 0 Å². The second-order valence-electron chi connectivity index (χ2n) is 5.12. The van der Waals surface area contributed by atoms with Crippen molar-refractivity contribution in [3.63, 3.8) is 0 Å². The van der Waals surface area contributed by atoms with Gasteiger partial charge in [-0.2, -0.15) is 0 Å². The van der Waals surface area contributed by atoms with E-state index in [0.29, 0.717) is 11.3 Å². The Bertz CT molecular complexity index is 519. The van der Waals surface area contributed by atoms with Gasteiger partial charge in [0.05, 0.1) is 12.6 Å². The van der Waals surface area contributed by atoms with Crippen LogP contribution < -0.4 is 5.32 Å². The largest absolute Gasteiger partial charge is 0.444 e. The van der Waals surface area contributed by atoms with E-state index in [1.807, 2.05) is 0 Å². The van der Waals surface area contributed by atoms with Crippen molar-refractivity contribution >= 4 is 11.8 Å². The smallest absolute Gasteiger partial charge is 0.412 e. The highest BCUT2D eigenvalue weighted by atomic mass is 16.6. The van der Waals surface area contributed by atoms with E-state index < -0.39 is 17.7 Å². The first kappa shape index (κ1) is 15.8. The Kier molecular flexibility index (Phi) is 5.37. The Morgan fingerprint density at radius 3 is 2.70 bits per heavy atom. The number of azide groups is 1. The Balaban J connectivity index is 2.96. The van der Waals surface area contributed by atoms with E-state index in [2.05, 4.69) is 15.3 Å². The number of carbonyl (C=O) groups is 1. The minimum atomic E-state index is -0.758. The Morgan fingerprint density at radius 1 is 1.50 bits per heavy atom. The van der Waals surface area contributed by atoms with E-state index in [9.17, 15) is 9.90 Å². The second kappa shape index (κ2) is 6.79. The molecule has 1 rings (SSSR count). The van der Waals surface area contributed by atoms with Gasteiger partial charge in [0.25, 0.3) is 0 Å². The van der Waals surface area contributed by atoms with Crippen LogP contribution in [0.1, 0.15) is 32.4 Å². The van der Waals surface area contributed by atoms with Gasteiger partial charge in [-0.25, -0.2) is 4.79 Å². The minimum absolute atomic E-state index is 0.350. The molecule has 108 valence electrons. The number of para-hydroxylation sites is 1. The van der Waals surface area contributed by atoms with E-state index in [1.54, 1.807) is 45.0 Å². The monoisotopic (exact) mass is 278 g/mol. The van der Waals surface area contributed by atoms with E-state index in [4.69, 9.17) is 10.3 Å². The molecule has 0 aliphatic heterocycles. The van der Waals surface area contributed by atoms with Gasteiger partial charge in [-0.05, 0) is 37.9 Å². The maximum absolute atomic E-state index is 11.7. The Morgan fingerprint density at radius 2 is 2.15 bits per heavy atom. The molecular weight excluding hydrogens is 260 g/mol. The van der Waals surface area contributed by atoms with Crippen LogP contribution in [0.25, 0.3) is 10.4 Å². The highest BCUT2D eigenvalue weighted by molar-refractivity contribution is 5.86. The quantitative estimate of drug-likeness (QED) is 0.500. The number of rotatable bonds is 4. The number of hydrogen-bond acceptors (Lipinski definition) is 4. The molecule has 0 saturated carbocycles. The molecule has 0 fully saturated rings. The molecule has 0 aromatic heterocycles. The zero-order valence-electron chi connectivity index (χ0n) is 11.7. The van der Waals surface area contributed by atoms with Crippen molar-refractivity contribution in [1.29, 1.82) is 0 Å². The standard InChI is InChI=1S/C13H18N4O3/c1-13(2,3)20-12(19)15-10-7-5-4-6-9(10)11(8-18)16-17-14/h4-7,11,18H,8H2,1-3H3,(H,15,19).